The maximum Gasteiger partial charge on any atom is 0.160 e. The molecule has 152 valence electrons. The quantitative estimate of drug-likeness (QED) is 0.688. The highest BCUT2D eigenvalue weighted by atomic mass is 35.5. The normalized spacial score (nSPS) is 13.9. The van der Waals surface area contributed by atoms with Crippen LogP contribution in [-0.2, 0) is 12.2 Å². The smallest absolute Gasteiger partial charge is 0.160 e. The van der Waals surface area contributed by atoms with Gasteiger partial charge in [0.15, 0.2) is 16.7 Å². The Labute approximate surface area is 181 Å². The monoisotopic (exact) mass is 441 g/mol. The Morgan fingerprint density at radius 3 is 2.43 bits per heavy atom. The highest BCUT2D eigenvalue weighted by Crippen LogP contribution is 2.27. The minimum Gasteiger partial charge on any atom is -0.493 e. The summed E-state index contributed by atoms with van der Waals surface area (Å²) in [6, 6.07) is 14.0. The molecule has 0 aliphatic carbocycles. The van der Waals surface area contributed by atoms with Crippen LogP contribution >= 0.6 is 35.8 Å². The van der Waals surface area contributed by atoms with Gasteiger partial charge >= 0.3 is 0 Å². The zero-order valence-electron chi connectivity index (χ0n) is 16.0. The summed E-state index contributed by atoms with van der Waals surface area (Å²) in [5.41, 5.74) is 2.46. The summed E-state index contributed by atoms with van der Waals surface area (Å²) in [6.07, 6.45) is 0.935. The van der Waals surface area contributed by atoms with E-state index >= 15 is 0 Å². The van der Waals surface area contributed by atoms with Gasteiger partial charge in [-0.15, -0.1) is 12.4 Å². The molecule has 0 unspecified atom stereocenters. The molecule has 1 aliphatic rings. The summed E-state index contributed by atoms with van der Waals surface area (Å²) in [7, 11) is 3.31. The van der Waals surface area contributed by atoms with Gasteiger partial charge in [-0.25, -0.2) is 4.99 Å². The van der Waals surface area contributed by atoms with E-state index in [1.54, 1.807) is 26.0 Å². The van der Waals surface area contributed by atoms with Crippen molar-refractivity contribution >= 4 is 40.9 Å². The third-order valence-corrected chi connectivity index (χ3v) is 5.60. The Balaban J connectivity index is 0.00000280. The van der Waals surface area contributed by atoms with E-state index in [9.17, 15) is 0 Å². The molecule has 28 heavy (non-hydrogen) atoms. The molecule has 0 saturated carbocycles. The lowest BCUT2D eigenvalue weighted by molar-refractivity contribution is 0.270. The zero-order valence-corrected chi connectivity index (χ0v) is 18.4. The lowest BCUT2D eigenvalue weighted by atomic mass is 10.1. The Kier molecular flexibility index (Phi) is 9.25. The van der Waals surface area contributed by atoms with Crippen LogP contribution in [0.3, 0.4) is 0 Å². The number of aliphatic imine (C=N–C) groups is 1. The summed E-state index contributed by atoms with van der Waals surface area (Å²) in [5, 5.41) is 5.15. The molecule has 0 saturated heterocycles. The van der Waals surface area contributed by atoms with Crippen molar-refractivity contribution < 1.29 is 9.47 Å². The van der Waals surface area contributed by atoms with Gasteiger partial charge in [0.1, 0.15) is 0 Å². The molecule has 0 atom stereocenters. The third kappa shape index (κ3) is 6.48. The molecule has 1 N–H and O–H groups in total. The lowest BCUT2D eigenvalue weighted by Crippen LogP contribution is -2.42. The molecule has 0 bridgehead atoms. The second kappa shape index (κ2) is 11.4. The predicted octanol–water partition coefficient (Wildman–Crippen LogP) is 4.43. The Hall–Kier alpha value is -1.60. The molecule has 1 heterocycles. The largest absolute Gasteiger partial charge is 0.493 e. The van der Waals surface area contributed by atoms with E-state index in [-0.39, 0.29) is 12.4 Å². The van der Waals surface area contributed by atoms with Crippen molar-refractivity contribution in [1.82, 2.24) is 10.2 Å². The van der Waals surface area contributed by atoms with Crippen LogP contribution in [0.1, 0.15) is 11.1 Å². The van der Waals surface area contributed by atoms with Gasteiger partial charge in [0, 0.05) is 17.3 Å². The number of nitrogens with one attached hydrogen (secondary N) is 1. The van der Waals surface area contributed by atoms with Crippen molar-refractivity contribution in [3.63, 3.8) is 0 Å². The number of ether oxygens (including phenoxy) is 2. The van der Waals surface area contributed by atoms with Crippen LogP contribution in [0.2, 0.25) is 5.02 Å². The average molecular weight is 442 g/mol. The fourth-order valence-electron chi connectivity index (χ4n) is 2.75. The van der Waals surface area contributed by atoms with Crippen LogP contribution in [-0.4, -0.2) is 44.2 Å². The van der Waals surface area contributed by atoms with E-state index in [1.165, 1.54) is 11.1 Å². The molecule has 2 aromatic rings. The molecule has 0 amide bonds. The maximum absolute atomic E-state index is 5.92. The number of nitrogens with zero attached hydrogens (tertiary/aromatic N) is 2. The van der Waals surface area contributed by atoms with Crippen LogP contribution in [0.15, 0.2) is 47.5 Å². The Morgan fingerprint density at radius 2 is 1.79 bits per heavy atom. The van der Waals surface area contributed by atoms with Crippen molar-refractivity contribution in [2.75, 3.05) is 34.1 Å². The topological polar surface area (TPSA) is 46.1 Å². The molecule has 0 spiro atoms. The summed E-state index contributed by atoms with van der Waals surface area (Å²) in [6.45, 7) is 2.45. The third-order valence-electron chi connectivity index (χ3n) is 4.32. The number of halogens is 2. The zero-order chi connectivity index (χ0) is 19.1. The van der Waals surface area contributed by atoms with Crippen LogP contribution in [0.25, 0.3) is 0 Å². The predicted molar refractivity (Wildman–Crippen MR) is 120 cm³/mol. The highest BCUT2D eigenvalue weighted by Gasteiger charge is 2.13. The summed E-state index contributed by atoms with van der Waals surface area (Å²) >= 11 is 7.64. The number of amidine groups is 1. The molecule has 0 radical (unpaired) electrons. The number of hydrogen-bond acceptors (Lipinski definition) is 6. The first-order valence-electron chi connectivity index (χ1n) is 8.77. The van der Waals surface area contributed by atoms with E-state index < -0.39 is 0 Å². The van der Waals surface area contributed by atoms with Gasteiger partial charge in [-0.2, -0.15) is 0 Å². The molecular formula is C20H25Cl2N3O2S. The average Bonchev–Trinajstić information content (AvgIpc) is 2.72. The van der Waals surface area contributed by atoms with E-state index in [0.717, 1.165) is 47.1 Å². The van der Waals surface area contributed by atoms with Crippen molar-refractivity contribution in [2.24, 2.45) is 4.99 Å². The van der Waals surface area contributed by atoms with Gasteiger partial charge in [0.2, 0.25) is 0 Å². The molecule has 5 nitrogen and oxygen atoms in total. The van der Waals surface area contributed by atoms with E-state index in [1.807, 2.05) is 36.4 Å². The maximum atomic E-state index is 5.92. The van der Waals surface area contributed by atoms with Gasteiger partial charge in [0.05, 0.1) is 27.6 Å². The Bertz CT molecular complexity index is 788. The van der Waals surface area contributed by atoms with Gasteiger partial charge in [-0.1, -0.05) is 41.6 Å². The second-order valence-electron chi connectivity index (χ2n) is 6.19. The van der Waals surface area contributed by atoms with Crippen molar-refractivity contribution in [2.45, 2.75) is 12.2 Å². The molecule has 1 aliphatic heterocycles. The van der Waals surface area contributed by atoms with Gasteiger partial charge in [-0.05, 0) is 41.8 Å². The van der Waals surface area contributed by atoms with Gasteiger partial charge in [0.25, 0.3) is 0 Å². The number of benzene rings is 2. The number of thioether (sulfide) groups is 1. The lowest BCUT2D eigenvalue weighted by Gasteiger charge is -2.26. The SMILES string of the molecule is COc1ccc(CCN2CN=C(SCc3ccc(Cl)cc3)NC2)cc1OC.Cl. The summed E-state index contributed by atoms with van der Waals surface area (Å²) in [5.74, 6) is 2.41. The van der Waals surface area contributed by atoms with E-state index in [4.69, 9.17) is 21.1 Å². The number of hydrogen-bond donors (Lipinski definition) is 1. The first kappa shape index (κ1) is 22.7. The highest BCUT2D eigenvalue weighted by molar-refractivity contribution is 8.13. The molecular weight excluding hydrogens is 417 g/mol. The summed E-state index contributed by atoms with van der Waals surface area (Å²) in [4.78, 5) is 6.92. The fourth-order valence-corrected chi connectivity index (χ4v) is 3.69. The summed E-state index contributed by atoms with van der Waals surface area (Å²) < 4.78 is 10.7. The van der Waals surface area contributed by atoms with Crippen molar-refractivity contribution in [3.8, 4) is 11.5 Å². The minimum atomic E-state index is 0. The van der Waals surface area contributed by atoms with Crippen molar-refractivity contribution in [3.05, 3.63) is 58.6 Å². The van der Waals surface area contributed by atoms with Crippen LogP contribution in [0, 0.1) is 0 Å². The van der Waals surface area contributed by atoms with Crippen LogP contribution in [0.4, 0.5) is 0 Å². The molecule has 0 aromatic heterocycles. The van der Waals surface area contributed by atoms with Crippen molar-refractivity contribution in [1.29, 1.82) is 0 Å². The van der Waals surface area contributed by atoms with Gasteiger partial charge in [-0.3, -0.25) is 4.90 Å². The minimum absolute atomic E-state index is 0. The second-order valence-corrected chi connectivity index (χ2v) is 7.59. The van der Waals surface area contributed by atoms with E-state index in [2.05, 4.69) is 21.3 Å². The van der Waals surface area contributed by atoms with Gasteiger partial charge < -0.3 is 14.8 Å². The Morgan fingerprint density at radius 1 is 1.07 bits per heavy atom. The molecule has 0 fully saturated rings. The first-order valence-corrected chi connectivity index (χ1v) is 10.1. The van der Waals surface area contributed by atoms with E-state index in [0.29, 0.717) is 6.67 Å². The molecule has 3 rings (SSSR count). The first-order chi connectivity index (χ1) is 13.2. The van der Waals surface area contributed by atoms with Crippen LogP contribution < -0.4 is 14.8 Å². The molecule has 8 heteroatoms. The number of methoxy groups -OCH3 is 2. The fraction of sp³-hybridized carbons (Fsp3) is 0.350. The standard InChI is InChI=1S/C20H24ClN3O2S.ClH/c1-25-18-8-5-15(11-19(18)26-2)9-10-24-13-22-20(23-14-24)27-12-16-3-6-17(21)7-4-16;/h3-8,11H,9-10,12-14H2,1-2H3,(H,22,23);1H. The van der Waals surface area contributed by atoms with Crippen LogP contribution in [0.5, 0.6) is 11.5 Å². The number of rotatable bonds is 7. The molecule has 2 aromatic carbocycles.